The molecule has 0 atom stereocenters. The Balaban J connectivity index is 1.36. The molecule has 0 saturated heterocycles. The average molecular weight is 591 g/mol. The Hall–Kier alpha value is -5.64. The molecule has 0 unspecified atom stereocenters. The van der Waals surface area contributed by atoms with Crippen LogP contribution in [0.4, 0.5) is 0 Å². The van der Waals surface area contributed by atoms with Crippen LogP contribution in [0.2, 0.25) is 0 Å². The highest BCUT2D eigenvalue weighted by Gasteiger charge is 2.21. The summed E-state index contributed by atoms with van der Waals surface area (Å²) in [6.45, 7) is 0. The molecule has 3 aromatic heterocycles. The molecule has 0 aliphatic heterocycles. The van der Waals surface area contributed by atoms with E-state index in [-0.39, 0.29) is 0 Å². The molecule has 7 aromatic carbocycles. The maximum absolute atomic E-state index is 2.47. The van der Waals surface area contributed by atoms with E-state index < -0.39 is 0 Å². The van der Waals surface area contributed by atoms with E-state index >= 15 is 0 Å². The number of thiophene rings is 1. The molecule has 10 aromatic rings. The summed E-state index contributed by atoms with van der Waals surface area (Å²) >= 11 is 1.89. The number of rotatable bonds is 3. The van der Waals surface area contributed by atoms with E-state index in [9.17, 15) is 0 Å². The van der Waals surface area contributed by atoms with E-state index in [1.807, 2.05) is 11.3 Å². The van der Waals surface area contributed by atoms with Crippen molar-refractivity contribution in [3.05, 3.63) is 158 Å². The van der Waals surface area contributed by atoms with E-state index in [4.69, 9.17) is 0 Å². The van der Waals surface area contributed by atoms with Gasteiger partial charge in [-0.3, -0.25) is 0 Å². The third-order valence-electron chi connectivity index (χ3n) is 9.31. The minimum atomic E-state index is 1.16. The molecule has 2 nitrogen and oxygen atoms in total. The van der Waals surface area contributed by atoms with Gasteiger partial charge < -0.3 is 9.13 Å². The summed E-state index contributed by atoms with van der Waals surface area (Å²) in [5.74, 6) is 0. The molecule has 0 aliphatic carbocycles. The smallest absolute Gasteiger partial charge is 0.0788 e. The van der Waals surface area contributed by atoms with E-state index in [2.05, 4.69) is 167 Å². The van der Waals surface area contributed by atoms with Crippen molar-refractivity contribution in [2.45, 2.75) is 0 Å². The van der Waals surface area contributed by atoms with Gasteiger partial charge in [0.1, 0.15) is 0 Å². The molecule has 210 valence electrons. The monoisotopic (exact) mass is 590 g/mol. The zero-order valence-corrected chi connectivity index (χ0v) is 25.1. The quantitative estimate of drug-likeness (QED) is 0.194. The molecule has 0 radical (unpaired) electrons. The highest BCUT2D eigenvalue weighted by molar-refractivity contribution is 7.26. The van der Waals surface area contributed by atoms with Crippen molar-refractivity contribution in [2.75, 3.05) is 0 Å². The topological polar surface area (TPSA) is 9.86 Å². The minimum Gasteiger partial charge on any atom is -0.307 e. The van der Waals surface area contributed by atoms with Crippen molar-refractivity contribution in [3.8, 4) is 22.5 Å². The SMILES string of the molecule is c1ccc(-n2c3ccccc3c3ccc4c5cc(-c6cccc7c6sc6ccccc67)ccc5n(-c5ccccc5)c4c32)cc1. The van der Waals surface area contributed by atoms with Crippen LogP contribution in [0.1, 0.15) is 0 Å². The zero-order chi connectivity index (χ0) is 29.5. The van der Waals surface area contributed by atoms with E-state index in [0.717, 1.165) is 11.4 Å². The fraction of sp³-hybridized carbons (Fsp3) is 0. The van der Waals surface area contributed by atoms with Crippen LogP contribution >= 0.6 is 11.3 Å². The molecule has 3 heterocycles. The van der Waals surface area contributed by atoms with Crippen LogP contribution in [-0.2, 0) is 0 Å². The van der Waals surface area contributed by atoms with Gasteiger partial charge >= 0.3 is 0 Å². The molecule has 45 heavy (non-hydrogen) atoms. The molecule has 0 fully saturated rings. The highest BCUT2D eigenvalue weighted by Crippen LogP contribution is 2.44. The van der Waals surface area contributed by atoms with E-state index in [0.29, 0.717) is 0 Å². The predicted molar refractivity (Wildman–Crippen MR) is 193 cm³/mol. The number of hydrogen-bond acceptors (Lipinski definition) is 1. The first kappa shape index (κ1) is 24.8. The summed E-state index contributed by atoms with van der Waals surface area (Å²) in [5, 5.41) is 7.70. The fourth-order valence-corrected chi connectivity index (χ4v) is 8.62. The molecule has 10 rings (SSSR count). The number of para-hydroxylation sites is 3. The first-order chi connectivity index (χ1) is 22.3. The Morgan fingerprint density at radius 3 is 1.69 bits per heavy atom. The number of benzene rings is 7. The van der Waals surface area contributed by atoms with Crippen LogP contribution in [0.25, 0.3) is 86.3 Å². The maximum Gasteiger partial charge on any atom is 0.0788 e. The first-order valence-corrected chi connectivity index (χ1v) is 16.2. The van der Waals surface area contributed by atoms with E-state index in [1.54, 1.807) is 0 Å². The summed E-state index contributed by atoms with van der Waals surface area (Å²) in [6.07, 6.45) is 0. The van der Waals surface area contributed by atoms with Gasteiger partial charge in [-0.05, 0) is 59.7 Å². The van der Waals surface area contributed by atoms with Crippen LogP contribution in [0.15, 0.2) is 158 Å². The van der Waals surface area contributed by atoms with Gasteiger partial charge in [0.05, 0.1) is 22.1 Å². The largest absolute Gasteiger partial charge is 0.307 e. The highest BCUT2D eigenvalue weighted by atomic mass is 32.1. The Morgan fingerprint density at radius 2 is 0.956 bits per heavy atom. The Kier molecular flexibility index (Phi) is 5.19. The lowest BCUT2D eigenvalue weighted by atomic mass is 10.0. The van der Waals surface area contributed by atoms with Crippen LogP contribution in [0.5, 0.6) is 0 Å². The zero-order valence-electron chi connectivity index (χ0n) is 24.3. The fourth-order valence-electron chi connectivity index (χ4n) is 7.38. The molecular formula is C42H26N2S. The van der Waals surface area contributed by atoms with Crippen molar-refractivity contribution in [1.29, 1.82) is 0 Å². The molecule has 0 aliphatic rings. The molecule has 0 bridgehead atoms. The maximum atomic E-state index is 2.47. The third-order valence-corrected chi connectivity index (χ3v) is 10.5. The van der Waals surface area contributed by atoms with Gasteiger partial charge in [-0.2, -0.15) is 0 Å². The summed E-state index contributed by atoms with van der Waals surface area (Å²) in [7, 11) is 0. The second kappa shape index (κ2) is 9.43. The summed E-state index contributed by atoms with van der Waals surface area (Å²) < 4.78 is 7.59. The lowest BCUT2D eigenvalue weighted by Crippen LogP contribution is -1.98. The number of fused-ring (bicyclic) bond motifs is 10. The second-order valence-electron chi connectivity index (χ2n) is 11.7. The summed E-state index contributed by atoms with van der Waals surface area (Å²) in [6, 6.07) is 57.6. The van der Waals surface area contributed by atoms with Gasteiger partial charge in [0.25, 0.3) is 0 Å². The molecule has 0 saturated carbocycles. The minimum absolute atomic E-state index is 1.16. The van der Waals surface area contributed by atoms with Gasteiger partial charge in [0, 0.05) is 53.1 Å². The van der Waals surface area contributed by atoms with Crippen LogP contribution in [0, 0.1) is 0 Å². The normalized spacial score (nSPS) is 12.0. The Labute approximate surface area is 263 Å². The molecule has 3 heteroatoms. The third kappa shape index (κ3) is 3.50. The van der Waals surface area contributed by atoms with Gasteiger partial charge in [0.2, 0.25) is 0 Å². The standard InChI is InChI=1S/C42H26N2S/c1-3-12-28(13-4-1)43-37-20-9-7-16-31(37)33-23-24-34-36-26-27(30-18-11-19-35-32-17-8-10-21-39(32)45-42(30)35)22-25-38(36)44(41(34)40(33)43)29-14-5-2-6-15-29/h1-26H. The average Bonchev–Trinajstić information content (AvgIpc) is 3.76. The molecule has 0 spiro atoms. The van der Waals surface area contributed by atoms with Crippen molar-refractivity contribution in [2.24, 2.45) is 0 Å². The van der Waals surface area contributed by atoms with Crippen molar-refractivity contribution in [3.63, 3.8) is 0 Å². The number of nitrogens with zero attached hydrogens (tertiary/aromatic N) is 2. The molecule has 0 amide bonds. The number of aromatic nitrogens is 2. The van der Waals surface area contributed by atoms with Crippen LogP contribution in [0.3, 0.4) is 0 Å². The van der Waals surface area contributed by atoms with Gasteiger partial charge in [-0.15, -0.1) is 11.3 Å². The number of hydrogen-bond donors (Lipinski definition) is 0. The predicted octanol–water partition coefficient (Wildman–Crippen LogP) is 11.9. The Bertz CT molecular complexity index is 2740. The molecule has 0 N–H and O–H groups in total. The summed E-state index contributed by atoms with van der Waals surface area (Å²) in [4.78, 5) is 0. The lowest BCUT2D eigenvalue weighted by Gasteiger charge is -2.12. The van der Waals surface area contributed by atoms with Crippen molar-refractivity contribution in [1.82, 2.24) is 9.13 Å². The van der Waals surface area contributed by atoms with Gasteiger partial charge in [0.15, 0.2) is 0 Å². The van der Waals surface area contributed by atoms with Crippen molar-refractivity contribution >= 4 is 75.1 Å². The Morgan fingerprint density at radius 1 is 0.378 bits per heavy atom. The lowest BCUT2D eigenvalue weighted by molar-refractivity contribution is 1.15. The van der Waals surface area contributed by atoms with Crippen LogP contribution in [-0.4, -0.2) is 9.13 Å². The first-order valence-electron chi connectivity index (χ1n) is 15.4. The van der Waals surface area contributed by atoms with Gasteiger partial charge in [-0.25, -0.2) is 0 Å². The van der Waals surface area contributed by atoms with E-state index in [1.165, 1.54) is 74.9 Å². The summed E-state index contributed by atoms with van der Waals surface area (Å²) in [5.41, 5.74) is 9.74. The second-order valence-corrected chi connectivity index (χ2v) is 12.8. The molecular weight excluding hydrogens is 565 g/mol. The van der Waals surface area contributed by atoms with Crippen LogP contribution < -0.4 is 0 Å². The van der Waals surface area contributed by atoms with Crippen molar-refractivity contribution < 1.29 is 0 Å². The van der Waals surface area contributed by atoms with Gasteiger partial charge in [-0.1, -0.05) is 109 Å².